The van der Waals surface area contributed by atoms with Gasteiger partial charge in [0.15, 0.2) is 16.3 Å². The molecule has 1 aliphatic heterocycles. The second-order valence-corrected chi connectivity index (χ2v) is 10.8. The Labute approximate surface area is 225 Å². The predicted octanol–water partition coefficient (Wildman–Crippen LogP) is 4.80. The van der Waals surface area contributed by atoms with Crippen molar-refractivity contribution >= 4 is 39.0 Å². The number of methoxy groups -OCH3 is 2. The van der Waals surface area contributed by atoms with Crippen molar-refractivity contribution < 1.29 is 14.6 Å². The molecule has 0 radical (unpaired) electrons. The van der Waals surface area contributed by atoms with Gasteiger partial charge in [-0.2, -0.15) is 0 Å². The Bertz CT molecular complexity index is 1770. The van der Waals surface area contributed by atoms with Crippen LogP contribution in [0.15, 0.2) is 80.5 Å². The molecule has 2 heterocycles. The number of phenols is 1. The van der Waals surface area contributed by atoms with Crippen molar-refractivity contribution in [1.29, 1.82) is 0 Å². The van der Waals surface area contributed by atoms with Gasteiger partial charge in [0, 0.05) is 11.1 Å². The standard InChI is InChI=1S/C29H23BrN2O4S/c1-35-22-10-6-5-9-19(22)26-20-12-11-17-7-3-4-8-18(17)25(20)31-29-32(26)28(34)24(37-29)15-16-13-21(30)27(33)23(14-16)36-2/h3-10,13-15,26,33H,11-12H2,1-2H3/b24-15-/t26-/m1/s1. The summed E-state index contributed by atoms with van der Waals surface area (Å²) in [7, 11) is 3.15. The highest BCUT2D eigenvalue weighted by Crippen LogP contribution is 2.43. The zero-order valence-electron chi connectivity index (χ0n) is 20.2. The number of allylic oxidation sites excluding steroid dienone is 1. The number of fused-ring (bicyclic) bond motifs is 3. The Hall–Kier alpha value is -3.62. The Balaban J connectivity index is 1.63. The smallest absolute Gasteiger partial charge is 0.271 e. The van der Waals surface area contributed by atoms with E-state index in [1.54, 1.807) is 23.8 Å². The topological polar surface area (TPSA) is 73.1 Å². The summed E-state index contributed by atoms with van der Waals surface area (Å²) < 4.78 is 13.9. The highest BCUT2D eigenvalue weighted by molar-refractivity contribution is 9.10. The molecule has 0 amide bonds. The fourth-order valence-corrected chi connectivity index (χ4v) is 6.64. The first-order chi connectivity index (χ1) is 18.0. The third-order valence-electron chi connectivity index (χ3n) is 6.87. The van der Waals surface area contributed by atoms with E-state index >= 15 is 0 Å². The first-order valence-corrected chi connectivity index (χ1v) is 13.4. The second-order valence-electron chi connectivity index (χ2n) is 8.91. The number of aromatic nitrogens is 1. The molecule has 0 unspecified atom stereocenters. The van der Waals surface area contributed by atoms with E-state index in [0.717, 1.165) is 46.6 Å². The van der Waals surface area contributed by atoms with Crippen molar-refractivity contribution in [2.24, 2.45) is 4.99 Å². The Morgan fingerprint density at radius 1 is 1.05 bits per heavy atom. The van der Waals surface area contributed by atoms with Gasteiger partial charge in [0.05, 0.1) is 35.0 Å². The molecule has 0 spiro atoms. The first-order valence-electron chi connectivity index (χ1n) is 11.8. The number of para-hydroxylation sites is 1. The van der Waals surface area contributed by atoms with Gasteiger partial charge in [0.25, 0.3) is 5.56 Å². The SMILES string of the molecule is COc1ccccc1[C@@H]1C2=C(N=c3s/c(=C\c4cc(Br)c(O)c(OC)c4)c(=O)n31)c1ccccc1CC2. The number of hydrogen-bond acceptors (Lipinski definition) is 6. The molecule has 0 saturated carbocycles. The van der Waals surface area contributed by atoms with Gasteiger partial charge >= 0.3 is 0 Å². The van der Waals surface area contributed by atoms with Crippen LogP contribution in [0.5, 0.6) is 17.2 Å². The lowest BCUT2D eigenvalue weighted by atomic mass is 9.83. The largest absolute Gasteiger partial charge is 0.503 e. The minimum atomic E-state index is -0.320. The molecular formula is C29H23BrN2O4S. The summed E-state index contributed by atoms with van der Waals surface area (Å²) >= 11 is 4.73. The van der Waals surface area contributed by atoms with Crippen molar-refractivity contribution in [2.45, 2.75) is 18.9 Å². The maximum atomic E-state index is 14.0. The molecule has 1 N–H and O–H groups in total. The van der Waals surface area contributed by atoms with Crippen LogP contribution in [0.2, 0.25) is 0 Å². The summed E-state index contributed by atoms with van der Waals surface area (Å²) in [4.78, 5) is 19.7. The van der Waals surface area contributed by atoms with Gasteiger partial charge in [0.1, 0.15) is 5.75 Å². The fraction of sp³-hybridized carbons (Fsp3) is 0.172. The third-order valence-corrected chi connectivity index (χ3v) is 8.46. The van der Waals surface area contributed by atoms with Crippen LogP contribution in [0, 0.1) is 0 Å². The number of thiazole rings is 1. The van der Waals surface area contributed by atoms with Gasteiger partial charge in [0.2, 0.25) is 0 Å². The molecule has 3 aromatic carbocycles. The number of halogens is 1. The van der Waals surface area contributed by atoms with E-state index in [9.17, 15) is 9.90 Å². The summed E-state index contributed by atoms with van der Waals surface area (Å²) in [6.45, 7) is 0. The quantitative estimate of drug-likeness (QED) is 0.380. The molecule has 0 bridgehead atoms. The molecule has 1 aromatic heterocycles. The molecule has 6 rings (SSSR count). The lowest BCUT2D eigenvalue weighted by Gasteiger charge is -2.31. The molecule has 0 fully saturated rings. The summed E-state index contributed by atoms with van der Waals surface area (Å²) in [6, 6.07) is 19.4. The Kier molecular flexibility index (Phi) is 6.01. The number of benzene rings is 3. The molecule has 37 heavy (non-hydrogen) atoms. The molecule has 1 atom stereocenters. The monoisotopic (exact) mass is 574 g/mol. The third kappa shape index (κ3) is 3.91. The molecule has 1 aliphatic carbocycles. The first kappa shape index (κ1) is 23.8. The van der Waals surface area contributed by atoms with E-state index in [1.807, 2.05) is 36.4 Å². The number of phenolic OH excluding ortho intramolecular Hbond substituents is 1. The summed E-state index contributed by atoms with van der Waals surface area (Å²) in [6.07, 6.45) is 3.51. The van der Waals surface area contributed by atoms with Gasteiger partial charge in [-0.25, -0.2) is 4.99 Å². The van der Waals surface area contributed by atoms with Crippen LogP contribution in [0.3, 0.4) is 0 Å². The Morgan fingerprint density at radius 2 is 1.81 bits per heavy atom. The molecule has 6 nitrogen and oxygen atoms in total. The van der Waals surface area contributed by atoms with Crippen molar-refractivity contribution in [1.82, 2.24) is 4.57 Å². The van der Waals surface area contributed by atoms with Crippen LogP contribution >= 0.6 is 27.3 Å². The molecule has 8 heteroatoms. The van der Waals surface area contributed by atoms with Gasteiger partial charge in [-0.3, -0.25) is 9.36 Å². The maximum absolute atomic E-state index is 14.0. The minimum Gasteiger partial charge on any atom is -0.503 e. The minimum absolute atomic E-state index is 0.0172. The van der Waals surface area contributed by atoms with Crippen LogP contribution in [-0.4, -0.2) is 23.9 Å². The van der Waals surface area contributed by atoms with Crippen LogP contribution < -0.4 is 24.4 Å². The van der Waals surface area contributed by atoms with E-state index < -0.39 is 0 Å². The van der Waals surface area contributed by atoms with Gasteiger partial charge < -0.3 is 14.6 Å². The predicted molar refractivity (Wildman–Crippen MR) is 148 cm³/mol. The number of hydrogen-bond donors (Lipinski definition) is 1. The lowest BCUT2D eigenvalue weighted by molar-refractivity contribution is 0.372. The second kappa shape index (κ2) is 9.36. The highest BCUT2D eigenvalue weighted by Gasteiger charge is 2.34. The van der Waals surface area contributed by atoms with Gasteiger partial charge in [-0.15, -0.1) is 0 Å². The average molecular weight is 575 g/mol. The van der Waals surface area contributed by atoms with Crippen molar-refractivity contribution in [3.63, 3.8) is 0 Å². The summed E-state index contributed by atoms with van der Waals surface area (Å²) in [5.74, 6) is 1.08. The molecular weight excluding hydrogens is 552 g/mol. The van der Waals surface area contributed by atoms with E-state index in [4.69, 9.17) is 14.5 Å². The van der Waals surface area contributed by atoms with Crippen LogP contribution in [0.1, 0.15) is 34.7 Å². The molecule has 0 saturated heterocycles. The molecule has 186 valence electrons. The number of rotatable bonds is 4. The Morgan fingerprint density at radius 3 is 2.62 bits per heavy atom. The highest BCUT2D eigenvalue weighted by atomic mass is 79.9. The number of ether oxygens (including phenoxy) is 2. The van der Waals surface area contributed by atoms with Crippen LogP contribution in [0.25, 0.3) is 11.8 Å². The van der Waals surface area contributed by atoms with Gasteiger partial charge in [-0.05, 0) is 69.7 Å². The average Bonchev–Trinajstić information content (AvgIpc) is 3.23. The number of nitrogens with zero attached hydrogens (tertiary/aromatic N) is 2. The van der Waals surface area contributed by atoms with Crippen molar-refractivity contribution in [3.05, 3.63) is 113 Å². The summed E-state index contributed by atoms with van der Waals surface area (Å²) in [5, 5.41) is 10.2. The molecule has 2 aliphatic rings. The zero-order chi connectivity index (χ0) is 25.7. The van der Waals surface area contributed by atoms with Crippen molar-refractivity contribution in [2.75, 3.05) is 14.2 Å². The molecule has 4 aromatic rings. The number of aromatic hydroxyl groups is 1. The van der Waals surface area contributed by atoms with E-state index in [0.29, 0.717) is 19.6 Å². The maximum Gasteiger partial charge on any atom is 0.271 e. The zero-order valence-corrected chi connectivity index (χ0v) is 22.6. The lowest BCUT2D eigenvalue weighted by Crippen LogP contribution is -2.39. The van der Waals surface area contributed by atoms with Crippen molar-refractivity contribution in [3.8, 4) is 17.2 Å². The van der Waals surface area contributed by atoms with Crippen LogP contribution in [-0.2, 0) is 6.42 Å². The normalized spacial score (nSPS) is 16.5. The van der Waals surface area contributed by atoms with Gasteiger partial charge in [-0.1, -0.05) is 53.8 Å². The van der Waals surface area contributed by atoms with E-state index in [2.05, 4.69) is 34.1 Å². The fourth-order valence-electron chi connectivity index (χ4n) is 5.18. The number of aryl methyl sites for hydroxylation is 1. The summed E-state index contributed by atoms with van der Waals surface area (Å²) in [5.41, 5.74) is 6.00. The van der Waals surface area contributed by atoms with E-state index in [-0.39, 0.29) is 17.4 Å². The van der Waals surface area contributed by atoms with Crippen LogP contribution in [0.4, 0.5) is 0 Å². The van der Waals surface area contributed by atoms with E-state index in [1.165, 1.54) is 24.0 Å².